The van der Waals surface area contributed by atoms with Crippen molar-refractivity contribution in [2.45, 2.75) is 0 Å². The number of nitrogens with zero attached hydrogens (tertiary/aromatic N) is 3. The number of hydrogen-bond donors (Lipinski definition) is 0. The lowest BCUT2D eigenvalue weighted by molar-refractivity contribution is 1.18. The van der Waals surface area contributed by atoms with Crippen molar-refractivity contribution < 1.29 is 0 Å². The molecule has 8 aromatic carbocycles. The number of aromatic nitrogens is 3. The van der Waals surface area contributed by atoms with Gasteiger partial charge in [-0.2, -0.15) is 0 Å². The average Bonchev–Trinajstić information content (AvgIpc) is 3.29. The Bertz CT molecular complexity index is 2960. The van der Waals surface area contributed by atoms with Gasteiger partial charge in [0, 0.05) is 38.4 Å². The van der Waals surface area contributed by atoms with Crippen LogP contribution in [-0.2, 0) is 0 Å². The smallest absolute Gasteiger partial charge is 0.160 e. The summed E-state index contributed by atoms with van der Waals surface area (Å²) < 4.78 is 0. The molecule has 10 rings (SSSR count). The minimum Gasteiger partial charge on any atom is -0.247 e. The summed E-state index contributed by atoms with van der Waals surface area (Å²) in [6.45, 7) is 0. The number of pyridine rings is 1. The van der Waals surface area contributed by atoms with E-state index in [0.29, 0.717) is 5.82 Å². The minimum atomic E-state index is 0.704. The van der Waals surface area contributed by atoms with Crippen molar-refractivity contribution in [2.24, 2.45) is 0 Å². The van der Waals surface area contributed by atoms with Gasteiger partial charge in [-0.15, -0.1) is 0 Å². The van der Waals surface area contributed by atoms with E-state index in [1.54, 1.807) is 0 Å². The Kier molecular flexibility index (Phi) is 8.51. The highest BCUT2D eigenvalue weighted by Crippen LogP contribution is 2.39. The monoisotopic (exact) mass is 713 g/mol. The van der Waals surface area contributed by atoms with Crippen LogP contribution in [0.4, 0.5) is 0 Å². The van der Waals surface area contributed by atoms with Gasteiger partial charge in [0.15, 0.2) is 5.82 Å². The molecule has 0 atom stereocenters. The maximum Gasteiger partial charge on any atom is 0.160 e. The lowest BCUT2D eigenvalue weighted by Gasteiger charge is -2.14. The second-order valence-corrected chi connectivity index (χ2v) is 14.0. The highest BCUT2D eigenvalue weighted by atomic mass is 14.9. The van der Waals surface area contributed by atoms with Crippen molar-refractivity contribution in [1.29, 1.82) is 0 Å². The summed E-state index contributed by atoms with van der Waals surface area (Å²) in [4.78, 5) is 15.3. The number of para-hydroxylation sites is 1. The topological polar surface area (TPSA) is 38.7 Å². The Labute approximate surface area is 326 Å². The molecule has 0 unspecified atom stereocenters. The van der Waals surface area contributed by atoms with Crippen molar-refractivity contribution in [3.05, 3.63) is 212 Å². The third-order valence-corrected chi connectivity index (χ3v) is 10.5. The molecule has 0 aliphatic carbocycles. The standard InChI is InChI=1S/C53H35N3/c1-4-13-36(14-5-1)37-23-29-41(30-24-37)49-35-50(56-53(55-49)44-17-8-3-9-18-44)42-31-25-38(26-32-42)39-27-33-43(34-28-39)52-47-21-12-20-45(40-15-6-2-7-16-40)51(47)46-19-10-11-22-48(46)54-52/h1-35H. The van der Waals surface area contributed by atoms with E-state index in [2.05, 4.69) is 188 Å². The zero-order valence-electron chi connectivity index (χ0n) is 30.5. The Morgan fingerprint density at radius 2 is 0.696 bits per heavy atom. The zero-order valence-corrected chi connectivity index (χ0v) is 30.5. The molecular weight excluding hydrogens is 679 g/mol. The predicted molar refractivity (Wildman–Crippen MR) is 233 cm³/mol. The summed E-state index contributed by atoms with van der Waals surface area (Å²) in [6.07, 6.45) is 0. The van der Waals surface area contributed by atoms with Crippen LogP contribution in [0.15, 0.2) is 212 Å². The van der Waals surface area contributed by atoms with Crippen LogP contribution in [-0.4, -0.2) is 15.0 Å². The summed E-state index contributed by atoms with van der Waals surface area (Å²) in [7, 11) is 0. The zero-order chi connectivity index (χ0) is 37.3. The molecule has 0 saturated carbocycles. The molecule has 0 N–H and O–H groups in total. The molecule has 0 spiro atoms. The van der Waals surface area contributed by atoms with Gasteiger partial charge in [-0.1, -0.05) is 200 Å². The van der Waals surface area contributed by atoms with Crippen LogP contribution in [0, 0.1) is 0 Å². The van der Waals surface area contributed by atoms with E-state index in [0.717, 1.165) is 66.8 Å². The normalized spacial score (nSPS) is 11.2. The summed E-state index contributed by atoms with van der Waals surface area (Å²) in [5, 5.41) is 3.54. The van der Waals surface area contributed by atoms with Gasteiger partial charge in [0.05, 0.1) is 22.6 Å². The molecular formula is C53H35N3. The van der Waals surface area contributed by atoms with Crippen LogP contribution in [0.1, 0.15) is 0 Å². The van der Waals surface area contributed by atoms with Gasteiger partial charge in [-0.05, 0) is 45.5 Å². The Morgan fingerprint density at radius 1 is 0.268 bits per heavy atom. The maximum atomic E-state index is 5.22. The van der Waals surface area contributed by atoms with Crippen LogP contribution in [0.2, 0.25) is 0 Å². The lowest BCUT2D eigenvalue weighted by atomic mass is 9.92. The molecule has 0 fully saturated rings. The molecule has 3 heteroatoms. The highest BCUT2D eigenvalue weighted by Gasteiger charge is 2.15. The minimum absolute atomic E-state index is 0.704. The molecule has 10 aromatic rings. The molecule has 0 saturated heterocycles. The largest absolute Gasteiger partial charge is 0.247 e. The molecule has 0 radical (unpaired) electrons. The fourth-order valence-electron chi connectivity index (χ4n) is 7.66. The van der Waals surface area contributed by atoms with Crippen molar-refractivity contribution in [1.82, 2.24) is 15.0 Å². The second kappa shape index (κ2) is 14.4. The van der Waals surface area contributed by atoms with Gasteiger partial charge in [0.25, 0.3) is 0 Å². The average molecular weight is 714 g/mol. The number of benzene rings is 8. The number of hydrogen-bond acceptors (Lipinski definition) is 3. The van der Waals surface area contributed by atoms with Crippen LogP contribution in [0.3, 0.4) is 0 Å². The molecule has 0 amide bonds. The lowest BCUT2D eigenvalue weighted by Crippen LogP contribution is -1.96. The summed E-state index contributed by atoms with van der Waals surface area (Å²) in [5.74, 6) is 0.704. The van der Waals surface area contributed by atoms with Crippen molar-refractivity contribution in [3.63, 3.8) is 0 Å². The third kappa shape index (κ3) is 6.31. The maximum absolute atomic E-state index is 5.22. The first kappa shape index (κ1) is 33.1. The SMILES string of the molecule is c1ccc(-c2ccc(-c3cc(-c4ccc(-c5ccc(-c6nc7ccccc7c7c(-c8ccccc8)cccc67)cc5)cc4)nc(-c4ccccc4)n3)cc2)cc1. The van der Waals surface area contributed by atoms with E-state index in [1.165, 1.54) is 27.6 Å². The summed E-state index contributed by atoms with van der Waals surface area (Å²) in [6, 6.07) is 74.5. The third-order valence-electron chi connectivity index (χ3n) is 10.5. The van der Waals surface area contributed by atoms with Crippen LogP contribution in [0.5, 0.6) is 0 Å². The van der Waals surface area contributed by atoms with E-state index < -0.39 is 0 Å². The van der Waals surface area contributed by atoms with Gasteiger partial charge >= 0.3 is 0 Å². The Hall–Kier alpha value is -7.49. The first-order chi connectivity index (χ1) is 27.7. The van der Waals surface area contributed by atoms with Gasteiger partial charge in [-0.3, -0.25) is 0 Å². The molecule has 262 valence electrons. The molecule has 0 aliphatic rings. The first-order valence-corrected chi connectivity index (χ1v) is 18.9. The van der Waals surface area contributed by atoms with Gasteiger partial charge in [0.2, 0.25) is 0 Å². The molecule has 2 aromatic heterocycles. The van der Waals surface area contributed by atoms with Crippen molar-refractivity contribution in [3.8, 4) is 78.5 Å². The van der Waals surface area contributed by atoms with Gasteiger partial charge in [-0.25, -0.2) is 15.0 Å². The highest BCUT2D eigenvalue weighted by molar-refractivity contribution is 6.17. The number of rotatable bonds is 7. The first-order valence-electron chi connectivity index (χ1n) is 18.9. The van der Waals surface area contributed by atoms with E-state index in [-0.39, 0.29) is 0 Å². The molecule has 0 bridgehead atoms. The van der Waals surface area contributed by atoms with Crippen LogP contribution >= 0.6 is 0 Å². The van der Waals surface area contributed by atoms with E-state index in [9.17, 15) is 0 Å². The van der Waals surface area contributed by atoms with E-state index in [4.69, 9.17) is 15.0 Å². The molecule has 56 heavy (non-hydrogen) atoms. The van der Waals surface area contributed by atoms with E-state index in [1.807, 2.05) is 24.3 Å². The van der Waals surface area contributed by atoms with Gasteiger partial charge in [0.1, 0.15) is 0 Å². The molecule has 3 nitrogen and oxygen atoms in total. The van der Waals surface area contributed by atoms with E-state index >= 15 is 0 Å². The number of fused-ring (bicyclic) bond motifs is 3. The second-order valence-electron chi connectivity index (χ2n) is 14.0. The Balaban J connectivity index is 0.988. The van der Waals surface area contributed by atoms with Crippen LogP contribution < -0.4 is 0 Å². The van der Waals surface area contributed by atoms with Crippen molar-refractivity contribution >= 4 is 21.7 Å². The fraction of sp³-hybridized carbons (Fsp3) is 0. The molecule has 2 heterocycles. The summed E-state index contributed by atoms with van der Waals surface area (Å²) >= 11 is 0. The fourth-order valence-corrected chi connectivity index (χ4v) is 7.66. The molecule has 0 aliphatic heterocycles. The quantitative estimate of drug-likeness (QED) is 0.154. The van der Waals surface area contributed by atoms with Gasteiger partial charge < -0.3 is 0 Å². The summed E-state index contributed by atoms with van der Waals surface area (Å²) in [5.41, 5.74) is 15.0. The Morgan fingerprint density at radius 3 is 1.27 bits per heavy atom. The van der Waals surface area contributed by atoms with Crippen LogP contribution in [0.25, 0.3) is 100 Å². The van der Waals surface area contributed by atoms with Crippen molar-refractivity contribution in [2.75, 3.05) is 0 Å². The predicted octanol–water partition coefficient (Wildman–Crippen LogP) is 13.8.